The molecule has 1 aromatic heterocycles. The van der Waals surface area contributed by atoms with Gasteiger partial charge in [0.2, 0.25) is 5.91 Å². The topological polar surface area (TPSA) is 35.6 Å². The first-order chi connectivity index (χ1) is 10.2. The van der Waals surface area contributed by atoms with Gasteiger partial charge in [0.15, 0.2) is 0 Å². The Hall–Kier alpha value is -0.910. The molecule has 2 atom stereocenters. The van der Waals surface area contributed by atoms with Gasteiger partial charge < -0.3 is 9.80 Å². The van der Waals surface area contributed by atoms with E-state index in [1.54, 1.807) is 11.3 Å². The third kappa shape index (κ3) is 3.30. The van der Waals surface area contributed by atoms with Gasteiger partial charge in [-0.25, -0.2) is 0 Å². The van der Waals surface area contributed by atoms with E-state index in [4.69, 9.17) is 0 Å². The van der Waals surface area contributed by atoms with Crippen LogP contribution in [-0.2, 0) is 4.79 Å². The Balaban J connectivity index is 1.68. The molecule has 1 N–H and O–H groups in total. The van der Waals surface area contributed by atoms with Crippen LogP contribution in [0.4, 0.5) is 0 Å². The standard InChI is InChI=1S/C16H25N3OS/c1-3-5-13-16(20)19(10-9-18(2)12-7-8-12)15(17-13)14-6-4-11-21-14/h4,6,11-13,15,17H,3,5,7-10H2,1-2H3. The minimum atomic E-state index is -0.00617. The number of nitrogens with one attached hydrogen (secondary N) is 1. The number of nitrogens with zero attached hydrogens (tertiary/aromatic N) is 2. The first kappa shape index (κ1) is 15.0. The summed E-state index contributed by atoms with van der Waals surface area (Å²) in [5.41, 5.74) is 0. The third-order valence-electron chi connectivity index (χ3n) is 4.51. The number of carbonyl (C=O) groups excluding carboxylic acids is 1. The summed E-state index contributed by atoms with van der Waals surface area (Å²) in [4.78, 5) is 18.3. The average Bonchev–Trinajstić information content (AvgIpc) is 3.11. The zero-order valence-corrected chi connectivity index (χ0v) is 13.7. The number of likely N-dealkylation sites (N-methyl/N-ethyl adjacent to an activating group) is 1. The Kier molecular flexibility index (Phi) is 4.62. The van der Waals surface area contributed by atoms with Crippen molar-refractivity contribution in [3.05, 3.63) is 22.4 Å². The fourth-order valence-corrected chi connectivity index (χ4v) is 3.86. The highest BCUT2D eigenvalue weighted by molar-refractivity contribution is 7.10. The van der Waals surface area contributed by atoms with E-state index in [1.165, 1.54) is 17.7 Å². The molecule has 2 heterocycles. The second kappa shape index (κ2) is 6.46. The summed E-state index contributed by atoms with van der Waals surface area (Å²) in [6, 6.07) is 4.94. The fourth-order valence-electron chi connectivity index (χ4n) is 3.06. The molecule has 0 aromatic carbocycles. The lowest BCUT2D eigenvalue weighted by Crippen LogP contribution is -2.38. The van der Waals surface area contributed by atoms with E-state index >= 15 is 0 Å². The largest absolute Gasteiger partial charge is 0.319 e. The number of carbonyl (C=O) groups is 1. The Labute approximate surface area is 131 Å². The molecule has 3 rings (SSSR count). The van der Waals surface area contributed by atoms with Gasteiger partial charge in [-0.2, -0.15) is 0 Å². The Morgan fingerprint density at radius 3 is 2.90 bits per heavy atom. The predicted molar refractivity (Wildman–Crippen MR) is 86.3 cm³/mol. The van der Waals surface area contributed by atoms with E-state index in [2.05, 4.69) is 41.7 Å². The van der Waals surface area contributed by atoms with Crippen LogP contribution < -0.4 is 5.32 Å². The van der Waals surface area contributed by atoms with E-state index in [9.17, 15) is 4.79 Å². The molecule has 5 heteroatoms. The van der Waals surface area contributed by atoms with Gasteiger partial charge in [-0.15, -0.1) is 11.3 Å². The molecular formula is C16H25N3OS. The summed E-state index contributed by atoms with van der Waals surface area (Å²) in [6.45, 7) is 3.93. The molecule has 21 heavy (non-hydrogen) atoms. The Bertz CT molecular complexity index is 472. The first-order valence-corrected chi connectivity index (χ1v) is 8.89. The monoisotopic (exact) mass is 307 g/mol. The Morgan fingerprint density at radius 2 is 2.29 bits per heavy atom. The zero-order chi connectivity index (χ0) is 14.8. The highest BCUT2D eigenvalue weighted by atomic mass is 32.1. The maximum Gasteiger partial charge on any atom is 0.241 e. The molecule has 1 aromatic rings. The van der Waals surface area contributed by atoms with E-state index in [0.717, 1.165) is 32.0 Å². The molecular weight excluding hydrogens is 282 g/mol. The lowest BCUT2D eigenvalue weighted by Gasteiger charge is -2.26. The van der Waals surface area contributed by atoms with E-state index in [0.29, 0.717) is 0 Å². The van der Waals surface area contributed by atoms with Crippen LogP contribution in [0, 0.1) is 0 Å². The lowest BCUT2D eigenvalue weighted by atomic mass is 10.2. The van der Waals surface area contributed by atoms with Gasteiger partial charge in [-0.1, -0.05) is 19.4 Å². The number of hydrogen-bond donors (Lipinski definition) is 1. The van der Waals surface area contributed by atoms with Gasteiger partial charge in [-0.05, 0) is 37.8 Å². The van der Waals surface area contributed by atoms with E-state index in [1.807, 2.05) is 4.90 Å². The molecule has 0 radical (unpaired) electrons. The fraction of sp³-hybridized carbons (Fsp3) is 0.688. The smallest absolute Gasteiger partial charge is 0.241 e. The molecule has 4 nitrogen and oxygen atoms in total. The maximum atomic E-state index is 12.6. The third-order valence-corrected chi connectivity index (χ3v) is 5.43. The summed E-state index contributed by atoms with van der Waals surface area (Å²) in [7, 11) is 2.18. The molecule has 1 amide bonds. The number of thiophene rings is 1. The van der Waals surface area contributed by atoms with Crippen LogP contribution >= 0.6 is 11.3 Å². The maximum absolute atomic E-state index is 12.6. The van der Waals surface area contributed by atoms with E-state index in [-0.39, 0.29) is 18.1 Å². The van der Waals surface area contributed by atoms with E-state index < -0.39 is 0 Å². The van der Waals surface area contributed by atoms with Gasteiger partial charge in [0, 0.05) is 24.0 Å². The molecule has 1 saturated heterocycles. The summed E-state index contributed by atoms with van der Waals surface area (Å²) >= 11 is 1.73. The van der Waals surface area contributed by atoms with Crippen molar-refractivity contribution in [3.63, 3.8) is 0 Å². The zero-order valence-electron chi connectivity index (χ0n) is 12.9. The molecule has 1 aliphatic heterocycles. The minimum Gasteiger partial charge on any atom is -0.319 e. The first-order valence-electron chi connectivity index (χ1n) is 8.01. The van der Waals surface area contributed by atoms with Crippen LogP contribution in [0.1, 0.15) is 43.6 Å². The van der Waals surface area contributed by atoms with Gasteiger partial charge >= 0.3 is 0 Å². The number of amides is 1. The van der Waals surface area contributed by atoms with Crippen molar-refractivity contribution in [2.24, 2.45) is 0 Å². The summed E-state index contributed by atoms with van der Waals surface area (Å²) in [6.07, 6.45) is 4.67. The molecule has 2 unspecified atom stereocenters. The molecule has 0 spiro atoms. The summed E-state index contributed by atoms with van der Waals surface area (Å²) in [5, 5.41) is 5.62. The van der Waals surface area contributed by atoms with Crippen molar-refractivity contribution < 1.29 is 4.79 Å². The van der Waals surface area contributed by atoms with Gasteiger partial charge in [0.05, 0.1) is 6.04 Å². The second-order valence-corrected chi connectivity index (χ2v) is 7.15. The van der Waals surface area contributed by atoms with Crippen molar-refractivity contribution in [2.45, 2.75) is 50.9 Å². The van der Waals surface area contributed by atoms with Crippen molar-refractivity contribution >= 4 is 17.2 Å². The number of hydrogen-bond acceptors (Lipinski definition) is 4. The van der Waals surface area contributed by atoms with Crippen LogP contribution in [0.3, 0.4) is 0 Å². The lowest BCUT2D eigenvalue weighted by molar-refractivity contribution is -0.130. The Morgan fingerprint density at radius 1 is 1.48 bits per heavy atom. The highest BCUT2D eigenvalue weighted by Gasteiger charge is 2.39. The molecule has 116 valence electrons. The SMILES string of the molecule is CCCC1NC(c2cccs2)N(CCN(C)C2CC2)C1=O. The van der Waals surface area contributed by atoms with Gasteiger partial charge in [-0.3, -0.25) is 10.1 Å². The molecule has 0 bridgehead atoms. The highest BCUT2D eigenvalue weighted by Crippen LogP contribution is 2.30. The molecule has 2 aliphatic rings. The van der Waals surface area contributed by atoms with Crippen LogP contribution in [0.25, 0.3) is 0 Å². The second-order valence-electron chi connectivity index (χ2n) is 6.17. The summed E-state index contributed by atoms with van der Waals surface area (Å²) < 4.78 is 0. The van der Waals surface area contributed by atoms with Crippen LogP contribution in [-0.4, -0.2) is 47.9 Å². The van der Waals surface area contributed by atoms with Crippen molar-refractivity contribution in [3.8, 4) is 0 Å². The van der Waals surface area contributed by atoms with Gasteiger partial charge in [0.25, 0.3) is 0 Å². The van der Waals surface area contributed by atoms with Crippen molar-refractivity contribution in [2.75, 3.05) is 20.1 Å². The van der Waals surface area contributed by atoms with Crippen LogP contribution in [0.5, 0.6) is 0 Å². The quantitative estimate of drug-likeness (QED) is 0.840. The molecule has 1 aliphatic carbocycles. The molecule has 1 saturated carbocycles. The van der Waals surface area contributed by atoms with Crippen LogP contribution in [0.2, 0.25) is 0 Å². The van der Waals surface area contributed by atoms with Gasteiger partial charge in [0.1, 0.15) is 6.17 Å². The normalized spacial score (nSPS) is 26.0. The van der Waals surface area contributed by atoms with Crippen molar-refractivity contribution in [1.82, 2.24) is 15.1 Å². The van der Waals surface area contributed by atoms with Crippen LogP contribution in [0.15, 0.2) is 17.5 Å². The predicted octanol–water partition coefficient (Wildman–Crippen LogP) is 2.44. The summed E-state index contributed by atoms with van der Waals surface area (Å²) in [5.74, 6) is 0.277. The average molecular weight is 307 g/mol. The number of rotatable bonds is 7. The molecule has 2 fully saturated rings. The minimum absolute atomic E-state index is 0.00617. The van der Waals surface area contributed by atoms with Crippen molar-refractivity contribution in [1.29, 1.82) is 0 Å².